The number of rotatable bonds is 11. The highest BCUT2D eigenvalue weighted by molar-refractivity contribution is 5.94. The zero-order valence-corrected chi connectivity index (χ0v) is 19.0. The summed E-state index contributed by atoms with van der Waals surface area (Å²) in [6, 6.07) is -2.79. The second-order valence-corrected chi connectivity index (χ2v) is 9.17. The first-order valence-corrected chi connectivity index (χ1v) is 11.2. The number of hydrogen-bond acceptors (Lipinski definition) is 5. The summed E-state index contributed by atoms with van der Waals surface area (Å²) in [6.45, 7) is 2.38. The lowest BCUT2D eigenvalue weighted by Crippen LogP contribution is -2.54. The third-order valence-corrected chi connectivity index (χ3v) is 5.94. The van der Waals surface area contributed by atoms with E-state index >= 15 is 0 Å². The highest BCUT2D eigenvalue weighted by Gasteiger charge is 2.48. The number of carbonyl (C=O) groups is 4. The molecule has 2 aliphatic rings. The Morgan fingerprint density at radius 1 is 1.15 bits per heavy atom. The number of Topliss-reactive ketones (excluding diaryl/α,β-unsaturated/α-hetero) is 1. The van der Waals surface area contributed by atoms with E-state index in [1.807, 2.05) is 0 Å². The van der Waals surface area contributed by atoms with Crippen LogP contribution in [0.5, 0.6) is 0 Å². The molecule has 0 bridgehead atoms. The summed E-state index contributed by atoms with van der Waals surface area (Å²) >= 11 is 0. The van der Waals surface area contributed by atoms with Gasteiger partial charge in [-0.3, -0.25) is 23.9 Å². The van der Waals surface area contributed by atoms with Crippen molar-refractivity contribution in [2.24, 2.45) is 17.8 Å². The van der Waals surface area contributed by atoms with E-state index in [2.05, 4.69) is 20.7 Å². The van der Waals surface area contributed by atoms with Crippen LogP contribution in [-0.2, 0) is 23.9 Å². The van der Waals surface area contributed by atoms with Crippen molar-refractivity contribution in [2.45, 2.75) is 76.7 Å². The molecule has 4 atom stereocenters. The Kier molecular flexibility index (Phi) is 9.37. The summed E-state index contributed by atoms with van der Waals surface area (Å²) in [6.07, 6.45) is -5.30. The first kappa shape index (κ1) is 27.9. The van der Waals surface area contributed by atoms with Crippen LogP contribution in [0.4, 0.5) is 22.0 Å². The second-order valence-electron chi connectivity index (χ2n) is 9.17. The molecule has 0 spiro atoms. The lowest BCUT2D eigenvalue weighted by Gasteiger charge is -2.27. The largest absolute Gasteiger partial charge is 0.522 e. The standard InChI is InChI=1S/C21H30F5N3O5/c1-11(2)8-15(29-18(32)13-4-3-6-20(13,22)23)19(33)28-14(9-12-5-7-27-17(12)31)16(30)10-34-21(24,25)26/h11-15H,3-10H2,1-2H3,(H,27,31)(H,28,33)(H,29,32)/t12-,13?,14-,15-/m0/s1. The van der Waals surface area contributed by atoms with Gasteiger partial charge in [0.25, 0.3) is 5.92 Å². The maximum Gasteiger partial charge on any atom is 0.522 e. The molecule has 1 unspecified atom stereocenters. The van der Waals surface area contributed by atoms with Crippen LogP contribution in [-0.4, -0.2) is 61.0 Å². The maximum absolute atomic E-state index is 14.0. The van der Waals surface area contributed by atoms with Gasteiger partial charge in [0, 0.05) is 18.9 Å². The predicted molar refractivity (Wildman–Crippen MR) is 108 cm³/mol. The lowest BCUT2D eigenvalue weighted by atomic mass is 9.95. The van der Waals surface area contributed by atoms with E-state index < -0.39 is 72.7 Å². The zero-order chi connectivity index (χ0) is 25.7. The molecular formula is C21H30F5N3O5. The van der Waals surface area contributed by atoms with E-state index in [1.54, 1.807) is 13.8 Å². The number of hydrogen-bond donors (Lipinski definition) is 3. The molecule has 1 aliphatic carbocycles. The topological polar surface area (TPSA) is 114 Å². The Bertz CT molecular complexity index is 774. The van der Waals surface area contributed by atoms with Crippen molar-refractivity contribution in [3.05, 3.63) is 0 Å². The van der Waals surface area contributed by atoms with Crippen LogP contribution in [0.2, 0.25) is 0 Å². The van der Waals surface area contributed by atoms with Crippen LogP contribution >= 0.6 is 0 Å². The predicted octanol–water partition coefficient (Wildman–Crippen LogP) is 2.07. The van der Waals surface area contributed by atoms with Crippen molar-refractivity contribution in [3.8, 4) is 0 Å². The molecule has 1 saturated carbocycles. The summed E-state index contributed by atoms with van der Waals surface area (Å²) in [5, 5.41) is 7.16. The van der Waals surface area contributed by atoms with Crippen molar-refractivity contribution in [2.75, 3.05) is 13.2 Å². The van der Waals surface area contributed by atoms with Crippen molar-refractivity contribution in [1.29, 1.82) is 0 Å². The fourth-order valence-electron chi connectivity index (χ4n) is 4.18. The van der Waals surface area contributed by atoms with Gasteiger partial charge in [0.15, 0.2) is 5.78 Å². The van der Waals surface area contributed by atoms with E-state index in [1.165, 1.54) is 0 Å². The molecular weight excluding hydrogens is 469 g/mol. The Morgan fingerprint density at radius 3 is 2.32 bits per heavy atom. The highest BCUT2D eigenvalue weighted by Crippen LogP contribution is 2.40. The van der Waals surface area contributed by atoms with Crippen molar-refractivity contribution >= 4 is 23.5 Å². The number of halogens is 5. The molecule has 0 aromatic heterocycles. The molecule has 0 radical (unpaired) electrons. The summed E-state index contributed by atoms with van der Waals surface area (Å²) < 4.78 is 68.7. The maximum atomic E-state index is 14.0. The van der Waals surface area contributed by atoms with Gasteiger partial charge in [0.05, 0.1) is 6.04 Å². The first-order chi connectivity index (χ1) is 15.7. The van der Waals surface area contributed by atoms with E-state index in [-0.39, 0.29) is 31.6 Å². The van der Waals surface area contributed by atoms with E-state index in [4.69, 9.17) is 0 Å². The number of ether oxygens (including phenoxy) is 1. The number of carbonyl (C=O) groups excluding carboxylic acids is 4. The normalized spacial score (nSPS) is 23.9. The Morgan fingerprint density at radius 2 is 1.82 bits per heavy atom. The third kappa shape index (κ3) is 8.17. The second kappa shape index (κ2) is 11.4. The van der Waals surface area contributed by atoms with Crippen LogP contribution in [0.1, 0.15) is 52.4 Å². The smallest absolute Gasteiger partial charge is 0.356 e. The van der Waals surface area contributed by atoms with Gasteiger partial charge in [0.2, 0.25) is 17.7 Å². The molecule has 0 aromatic rings. The minimum absolute atomic E-state index is 0.0401. The summed E-state index contributed by atoms with van der Waals surface area (Å²) in [4.78, 5) is 49.7. The fraction of sp³-hybridized carbons (Fsp3) is 0.810. The highest BCUT2D eigenvalue weighted by atomic mass is 19.4. The van der Waals surface area contributed by atoms with Crippen molar-refractivity contribution in [1.82, 2.24) is 16.0 Å². The van der Waals surface area contributed by atoms with E-state index in [9.17, 15) is 41.1 Å². The van der Waals surface area contributed by atoms with Crippen molar-refractivity contribution < 1.29 is 45.9 Å². The van der Waals surface area contributed by atoms with E-state index in [0.29, 0.717) is 13.0 Å². The summed E-state index contributed by atoms with van der Waals surface area (Å²) in [5.74, 6) is -9.09. The van der Waals surface area contributed by atoms with Gasteiger partial charge in [-0.05, 0) is 38.0 Å². The molecule has 194 valence electrons. The monoisotopic (exact) mass is 499 g/mol. The van der Waals surface area contributed by atoms with Gasteiger partial charge >= 0.3 is 6.36 Å². The van der Waals surface area contributed by atoms with Crippen LogP contribution in [0, 0.1) is 17.8 Å². The van der Waals surface area contributed by atoms with Gasteiger partial charge in [-0.2, -0.15) is 0 Å². The van der Waals surface area contributed by atoms with Crippen LogP contribution in [0.3, 0.4) is 0 Å². The summed E-state index contributed by atoms with van der Waals surface area (Å²) in [7, 11) is 0. The van der Waals surface area contributed by atoms with Gasteiger partial charge < -0.3 is 16.0 Å². The molecule has 13 heteroatoms. The molecule has 34 heavy (non-hydrogen) atoms. The number of amides is 3. The van der Waals surface area contributed by atoms with Gasteiger partial charge in [-0.25, -0.2) is 8.78 Å². The lowest BCUT2D eigenvalue weighted by molar-refractivity contribution is -0.321. The average Bonchev–Trinajstić information content (AvgIpc) is 3.28. The molecule has 2 rings (SSSR count). The van der Waals surface area contributed by atoms with Gasteiger partial charge in [0.1, 0.15) is 18.6 Å². The molecule has 0 aromatic carbocycles. The molecule has 8 nitrogen and oxygen atoms in total. The SMILES string of the molecule is CC(C)C[C@H](NC(=O)C1CCCC1(F)F)C(=O)N[C@@H](C[C@@H]1CCNC1=O)C(=O)COC(F)(F)F. The van der Waals surface area contributed by atoms with Crippen LogP contribution < -0.4 is 16.0 Å². The van der Waals surface area contributed by atoms with Gasteiger partial charge in [-0.15, -0.1) is 13.2 Å². The quantitative estimate of drug-likeness (QED) is 0.377. The van der Waals surface area contributed by atoms with Crippen LogP contribution in [0.15, 0.2) is 0 Å². The Balaban J connectivity index is 2.14. The van der Waals surface area contributed by atoms with Crippen LogP contribution in [0.25, 0.3) is 0 Å². The first-order valence-electron chi connectivity index (χ1n) is 11.2. The molecule has 2 fully saturated rings. The third-order valence-electron chi connectivity index (χ3n) is 5.94. The van der Waals surface area contributed by atoms with Gasteiger partial charge in [-0.1, -0.05) is 13.8 Å². The Hall–Kier alpha value is -2.31. The number of nitrogens with one attached hydrogen (secondary N) is 3. The van der Waals surface area contributed by atoms with E-state index in [0.717, 1.165) is 0 Å². The number of alkyl halides is 5. The summed E-state index contributed by atoms with van der Waals surface area (Å²) in [5.41, 5.74) is 0. The average molecular weight is 499 g/mol. The molecule has 3 amide bonds. The zero-order valence-electron chi connectivity index (χ0n) is 19.0. The minimum atomic E-state index is -5.07. The Labute approximate surface area is 193 Å². The van der Waals surface area contributed by atoms with Crippen molar-refractivity contribution in [3.63, 3.8) is 0 Å². The fourth-order valence-corrected chi connectivity index (χ4v) is 4.18. The molecule has 1 heterocycles. The number of ketones is 1. The molecule has 1 aliphatic heterocycles. The molecule has 3 N–H and O–H groups in total. The molecule has 1 saturated heterocycles. The minimum Gasteiger partial charge on any atom is -0.356 e.